The summed E-state index contributed by atoms with van der Waals surface area (Å²) in [6, 6.07) is 27.2. The number of benzene rings is 3. The third kappa shape index (κ3) is 9.71. The highest BCUT2D eigenvalue weighted by atomic mass is 16.7. The van der Waals surface area contributed by atoms with Crippen LogP contribution in [0, 0.1) is 11.8 Å². The predicted octanol–water partition coefficient (Wildman–Crippen LogP) is 5.27. The van der Waals surface area contributed by atoms with Crippen LogP contribution in [0.2, 0.25) is 0 Å². The first kappa shape index (κ1) is 35.3. The lowest BCUT2D eigenvalue weighted by molar-refractivity contribution is -0.301. The number of carbonyl (C=O) groups is 3. The number of rotatable bonds is 16. The van der Waals surface area contributed by atoms with Gasteiger partial charge in [-0.25, -0.2) is 4.79 Å². The van der Waals surface area contributed by atoms with Gasteiger partial charge < -0.3 is 28.8 Å². The van der Waals surface area contributed by atoms with Crippen LogP contribution in [0.4, 0.5) is 0 Å². The van der Waals surface area contributed by atoms with Gasteiger partial charge in [0.25, 0.3) is 0 Å². The van der Waals surface area contributed by atoms with E-state index in [4.69, 9.17) is 23.7 Å². The summed E-state index contributed by atoms with van der Waals surface area (Å²) in [6.45, 7) is 7.01. The van der Waals surface area contributed by atoms with Crippen molar-refractivity contribution < 1.29 is 43.2 Å². The molecule has 4 rings (SSSR count). The Morgan fingerprint density at radius 1 is 0.723 bits per heavy atom. The fraction of sp³-hybridized carbons (Fsp3) is 0.342. The highest BCUT2D eigenvalue weighted by molar-refractivity contribution is 5.89. The standard InChI is InChI=1S/C38H42O9/c1-4-15-29(23-26-17-9-6-10-18-26)36(41)46-33-32(45-35(40)28-21-13-8-14-22-28)31(25-39)44-38(43-3)34(33)47-37(42)30(16-5-2)24-27-19-11-7-12-20-27/h4-14,17-22,29-34,38-39H,1-2,15-16,23-25H2,3H3/t29-,30-,31+,32-,33-,34+,38-/m0/s1. The second-order valence-electron chi connectivity index (χ2n) is 11.3. The predicted molar refractivity (Wildman–Crippen MR) is 175 cm³/mol. The van der Waals surface area contributed by atoms with Gasteiger partial charge in [-0.1, -0.05) is 91.0 Å². The first-order valence-electron chi connectivity index (χ1n) is 15.6. The maximum Gasteiger partial charge on any atom is 0.338 e. The molecule has 1 aliphatic heterocycles. The summed E-state index contributed by atoms with van der Waals surface area (Å²) < 4.78 is 29.6. The van der Waals surface area contributed by atoms with Crippen molar-refractivity contribution in [2.45, 2.75) is 56.4 Å². The Morgan fingerprint density at radius 2 is 1.19 bits per heavy atom. The number of allylic oxidation sites excluding steroid dienone is 2. The zero-order valence-electron chi connectivity index (χ0n) is 26.5. The minimum atomic E-state index is -1.39. The average Bonchev–Trinajstić information content (AvgIpc) is 3.10. The smallest absolute Gasteiger partial charge is 0.338 e. The summed E-state index contributed by atoms with van der Waals surface area (Å²) in [5.41, 5.74) is 2.07. The lowest BCUT2D eigenvalue weighted by Crippen LogP contribution is -2.63. The van der Waals surface area contributed by atoms with Crippen LogP contribution in [0.25, 0.3) is 0 Å². The molecule has 248 valence electrons. The molecule has 0 amide bonds. The average molecular weight is 643 g/mol. The molecule has 3 aromatic carbocycles. The van der Waals surface area contributed by atoms with Gasteiger partial charge in [0.15, 0.2) is 24.6 Å². The summed E-state index contributed by atoms with van der Waals surface area (Å²) in [5, 5.41) is 10.3. The van der Waals surface area contributed by atoms with Gasteiger partial charge in [-0.15, -0.1) is 13.2 Å². The number of hydrogen-bond donors (Lipinski definition) is 1. The van der Waals surface area contributed by atoms with Crippen molar-refractivity contribution in [3.8, 4) is 0 Å². The minimum absolute atomic E-state index is 0.235. The van der Waals surface area contributed by atoms with Crippen LogP contribution in [0.3, 0.4) is 0 Å². The Labute approximate surface area is 275 Å². The van der Waals surface area contributed by atoms with Gasteiger partial charge in [-0.2, -0.15) is 0 Å². The quantitative estimate of drug-likeness (QED) is 0.127. The van der Waals surface area contributed by atoms with Crippen molar-refractivity contribution in [2.24, 2.45) is 11.8 Å². The fourth-order valence-corrected chi connectivity index (χ4v) is 5.57. The molecule has 1 fully saturated rings. The monoisotopic (exact) mass is 642 g/mol. The molecule has 9 nitrogen and oxygen atoms in total. The molecule has 1 aliphatic rings. The molecule has 9 heteroatoms. The van der Waals surface area contributed by atoms with Crippen molar-refractivity contribution in [1.82, 2.24) is 0 Å². The third-order valence-electron chi connectivity index (χ3n) is 7.98. The molecule has 0 bridgehead atoms. The van der Waals surface area contributed by atoms with Gasteiger partial charge in [0.2, 0.25) is 0 Å². The SMILES string of the molecule is C=CC[C@@H](Cc1ccccc1)C(=O)O[C@H]1[C@@H](OC(=O)c2ccccc2)[C@@H](CO)O[C@H](OC)[C@@H]1OC(=O)[C@@H](CC=C)Cc1ccccc1. The molecule has 1 N–H and O–H groups in total. The van der Waals surface area contributed by atoms with Gasteiger partial charge in [-0.05, 0) is 48.9 Å². The summed E-state index contributed by atoms with van der Waals surface area (Å²) in [7, 11) is 1.34. The van der Waals surface area contributed by atoms with E-state index in [1.54, 1.807) is 42.5 Å². The number of esters is 3. The molecule has 1 saturated heterocycles. The molecule has 7 atom stereocenters. The summed E-state index contributed by atoms with van der Waals surface area (Å²) in [5.74, 6) is -3.25. The summed E-state index contributed by atoms with van der Waals surface area (Å²) in [4.78, 5) is 41.0. The van der Waals surface area contributed by atoms with Gasteiger partial charge in [0.05, 0.1) is 24.0 Å². The van der Waals surface area contributed by atoms with Crippen LogP contribution in [-0.2, 0) is 46.1 Å². The van der Waals surface area contributed by atoms with E-state index < -0.39 is 67.1 Å². The molecule has 0 spiro atoms. The first-order valence-corrected chi connectivity index (χ1v) is 15.6. The number of methoxy groups -OCH3 is 1. The second kappa shape index (κ2) is 17.9. The Morgan fingerprint density at radius 3 is 1.64 bits per heavy atom. The Bertz CT molecular complexity index is 1440. The summed E-state index contributed by atoms with van der Waals surface area (Å²) >= 11 is 0. The maximum absolute atomic E-state index is 13.9. The molecular formula is C38H42O9. The van der Waals surface area contributed by atoms with Gasteiger partial charge >= 0.3 is 17.9 Å². The van der Waals surface area contributed by atoms with Gasteiger partial charge in [0.1, 0.15) is 6.10 Å². The molecular weight excluding hydrogens is 600 g/mol. The summed E-state index contributed by atoms with van der Waals surface area (Å²) in [6.07, 6.45) is -1.93. The number of carbonyl (C=O) groups excluding carboxylic acids is 3. The van der Waals surface area contributed by atoms with Crippen molar-refractivity contribution in [3.05, 3.63) is 133 Å². The van der Waals surface area contributed by atoms with E-state index in [1.807, 2.05) is 60.7 Å². The largest absolute Gasteiger partial charge is 0.454 e. The van der Waals surface area contributed by atoms with Crippen LogP contribution in [0.1, 0.15) is 34.3 Å². The topological polar surface area (TPSA) is 118 Å². The zero-order chi connectivity index (χ0) is 33.6. The van der Waals surface area contributed by atoms with Gasteiger partial charge in [0, 0.05) is 7.11 Å². The number of ether oxygens (including phenoxy) is 5. The molecule has 0 aliphatic carbocycles. The Balaban J connectivity index is 1.68. The van der Waals surface area contributed by atoms with Crippen LogP contribution >= 0.6 is 0 Å². The van der Waals surface area contributed by atoms with Crippen LogP contribution in [-0.4, -0.2) is 67.4 Å². The lowest BCUT2D eigenvalue weighted by Gasteiger charge is -2.44. The normalized spacial score (nSPS) is 21.9. The Hall–Kier alpha value is -4.57. The van der Waals surface area contributed by atoms with E-state index in [2.05, 4.69) is 13.2 Å². The third-order valence-corrected chi connectivity index (χ3v) is 7.98. The Kier molecular flexibility index (Phi) is 13.5. The minimum Gasteiger partial charge on any atom is -0.454 e. The second-order valence-corrected chi connectivity index (χ2v) is 11.3. The molecule has 0 unspecified atom stereocenters. The zero-order valence-corrected chi connectivity index (χ0v) is 26.5. The molecule has 0 aromatic heterocycles. The molecule has 47 heavy (non-hydrogen) atoms. The highest BCUT2D eigenvalue weighted by Crippen LogP contribution is 2.32. The van der Waals surface area contributed by atoms with Crippen LogP contribution in [0.15, 0.2) is 116 Å². The first-order chi connectivity index (χ1) is 22.9. The van der Waals surface area contributed by atoms with E-state index in [1.165, 1.54) is 7.11 Å². The molecule has 1 heterocycles. The van der Waals surface area contributed by atoms with E-state index in [0.717, 1.165) is 11.1 Å². The molecule has 3 aromatic rings. The van der Waals surface area contributed by atoms with Crippen molar-refractivity contribution in [1.29, 1.82) is 0 Å². The van der Waals surface area contributed by atoms with E-state index in [9.17, 15) is 19.5 Å². The maximum atomic E-state index is 13.9. The number of aliphatic hydroxyl groups excluding tert-OH is 1. The van der Waals surface area contributed by atoms with Crippen LogP contribution in [0.5, 0.6) is 0 Å². The van der Waals surface area contributed by atoms with E-state index >= 15 is 0 Å². The van der Waals surface area contributed by atoms with E-state index in [0.29, 0.717) is 25.7 Å². The lowest BCUT2D eigenvalue weighted by atomic mass is 9.94. The number of aliphatic hydroxyl groups is 1. The van der Waals surface area contributed by atoms with E-state index in [-0.39, 0.29) is 5.56 Å². The number of hydrogen-bond acceptors (Lipinski definition) is 9. The fourth-order valence-electron chi connectivity index (χ4n) is 5.57. The van der Waals surface area contributed by atoms with Crippen molar-refractivity contribution in [2.75, 3.05) is 13.7 Å². The van der Waals surface area contributed by atoms with Gasteiger partial charge in [-0.3, -0.25) is 9.59 Å². The highest BCUT2D eigenvalue weighted by Gasteiger charge is 2.53. The van der Waals surface area contributed by atoms with Crippen molar-refractivity contribution in [3.63, 3.8) is 0 Å². The van der Waals surface area contributed by atoms with Crippen LogP contribution < -0.4 is 0 Å². The molecule has 0 saturated carbocycles. The van der Waals surface area contributed by atoms with Crippen molar-refractivity contribution >= 4 is 17.9 Å². The molecule has 0 radical (unpaired) electrons.